The van der Waals surface area contributed by atoms with E-state index in [1.54, 1.807) is 0 Å². The number of rotatable bonds is 4. The van der Waals surface area contributed by atoms with Gasteiger partial charge in [-0.05, 0) is 23.6 Å². The molecule has 3 heterocycles. The van der Waals surface area contributed by atoms with Crippen molar-refractivity contribution in [2.45, 2.75) is 25.6 Å². The average Bonchev–Trinajstić information content (AvgIpc) is 2.69. The summed E-state index contributed by atoms with van der Waals surface area (Å²) in [5.41, 5.74) is 1.23. The lowest BCUT2D eigenvalue weighted by atomic mass is 10.1. The van der Waals surface area contributed by atoms with Crippen molar-refractivity contribution in [2.75, 3.05) is 57.1 Å². The first-order valence-electron chi connectivity index (χ1n) is 9.52. The number of pyridine rings is 1. The fraction of sp³-hybridized carbons (Fsp3) is 0.684. The Balaban J connectivity index is 0.00000261. The molecule has 0 saturated carbocycles. The van der Waals surface area contributed by atoms with E-state index < -0.39 is 0 Å². The molecule has 0 aliphatic carbocycles. The van der Waals surface area contributed by atoms with Crippen LogP contribution in [0, 0.1) is 5.92 Å². The van der Waals surface area contributed by atoms with Crippen molar-refractivity contribution in [3.05, 3.63) is 23.9 Å². The third-order valence-corrected chi connectivity index (χ3v) is 6.48. The van der Waals surface area contributed by atoms with Gasteiger partial charge in [0.1, 0.15) is 5.82 Å². The lowest BCUT2D eigenvalue weighted by Gasteiger charge is -2.36. The molecule has 0 amide bonds. The zero-order valence-corrected chi connectivity index (χ0v) is 19.7. The Kier molecular flexibility index (Phi) is 9.44. The molecule has 8 heteroatoms. The highest BCUT2D eigenvalue weighted by atomic mass is 127. The Morgan fingerprint density at radius 1 is 1.37 bits per heavy atom. The number of guanidine groups is 1. The van der Waals surface area contributed by atoms with Crippen LogP contribution >= 0.6 is 35.7 Å². The summed E-state index contributed by atoms with van der Waals surface area (Å²) >= 11 is 2.09. The molecule has 152 valence electrons. The van der Waals surface area contributed by atoms with Crippen LogP contribution in [0.1, 0.15) is 19.4 Å². The number of thioether (sulfide) groups is 1. The summed E-state index contributed by atoms with van der Waals surface area (Å²) in [7, 11) is 1.88. The first kappa shape index (κ1) is 22.5. The van der Waals surface area contributed by atoms with Crippen LogP contribution in [0.5, 0.6) is 0 Å². The molecule has 2 aliphatic rings. The average molecular weight is 505 g/mol. The van der Waals surface area contributed by atoms with E-state index in [0.717, 1.165) is 57.7 Å². The van der Waals surface area contributed by atoms with Gasteiger partial charge in [0.2, 0.25) is 0 Å². The fourth-order valence-corrected chi connectivity index (χ4v) is 4.62. The highest BCUT2D eigenvalue weighted by molar-refractivity contribution is 14.0. The molecule has 2 aliphatic heterocycles. The molecular weight excluding hydrogens is 473 g/mol. The van der Waals surface area contributed by atoms with E-state index in [1.165, 1.54) is 11.3 Å². The van der Waals surface area contributed by atoms with Crippen LogP contribution < -0.4 is 10.2 Å². The summed E-state index contributed by atoms with van der Waals surface area (Å²) in [5, 5.41) is 4.22. The third kappa shape index (κ3) is 6.39. The molecule has 0 aromatic carbocycles. The molecule has 1 unspecified atom stereocenters. The van der Waals surface area contributed by atoms with Gasteiger partial charge in [-0.25, -0.2) is 4.98 Å². The van der Waals surface area contributed by atoms with Crippen molar-refractivity contribution < 1.29 is 4.74 Å². The van der Waals surface area contributed by atoms with Gasteiger partial charge in [-0.2, -0.15) is 11.8 Å². The van der Waals surface area contributed by atoms with Gasteiger partial charge in [0.05, 0.1) is 13.2 Å². The molecule has 2 saturated heterocycles. The van der Waals surface area contributed by atoms with Crippen molar-refractivity contribution in [1.82, 2.24) is 15.2 Å². The molecule has 1 aromatic heterocycles. The summed E-state index contributed by atoms with van der Waals surface area (Å²) in [6.07, 6.45) is 1.90. The number of ether oxygens (including phenoxy) is 1. The van der Waals surface area contributed by atoms with Crippen LogP contribution in [-0.2, 0) is 11.3 Å². The SMILES string of the molecule is CN=C(NCc1ccnc(N2CCOCC2)c1)N1CCSC(C(C)C)C1.I. The highest BCUT2D eigenvalue weighted by Crippen LogP contribution is 2.25. The van der Waals surface area contributed by atoms with E-state index in [4.69, 9.17) is 4.74 Å². The maximum atomic E-state index is 5.43. The summed E-state index contributed by atoms with van der Waals surface area (Å²) in [4.78, 5) is 13.7. The number of nitrogens with one attached hydrogen (secondary N) is 1. The maximum absolute atomic E-state index is 5.43. The van der Waals surface area contributed by atoms with Gasteiger partial charge in [-0.15, -0.1) is 24.0 Å². The first-order chi connectivity index (χ1) is 12.7. The summed E-state index contributed by atoms with van der Waals surface area (Å²) in [5.74, 6) is 3.90. The van der Waals surface area contributed by atoms with Gasteiger partial charge in [0, 0.05) is 57.0 Å². The normalized spacial score (nSPS) is 21.2. The zero-order chi connectivity index (χ0) is 18.4. The standard InChI is InChI=1S/C19H31N5OS.HI/c1-15(2)17-14-24(8-11-26-17)19(20-3)22-13-16-4-5-21-18(12-16)23-6-9-25-10-7-23;/h4-5,12,15,17H,6-11,13-14H2,1-3H3,(H,20,22);1H. The van der Waals surface area contributed by atoms with Gasteiger partial charge in [-0.1, -0.05) is 13.8 Å². The molecule has 6 nitrogen and oxygen atoms in total. The second kappa shape index (κ2) is 11.3. The van der Waals surface area contributed by atoms with Crippen LogP contribution in [0.2, 0.25) is 0 Å². The Hall–Kier alpha value is -0.740. The predicted octanol–water partition coefficient (Wildman–Crippen LogP) is 2.69. The molecule has 0 spiro atoms. The van der Waals surface area contributed by atoms with Crippen molar-refractivity contribution in [3.63, 3.8) is 0 Å². The molecule has 3 rings (SSSR count). The predicted molar refractivity (Wildman–Crippen MR) is 126 cm³/mol. The van der Waals surface area contributed by atoms with Crippen molar-refractivity contribution >= 4 is 47.5 Å². The molecule has 1 N–H and O–H groups in total. The summed E-state index contributed by atoms with van der Waals surface area (Å²) in [6, 6.07) is 4.25. The van der Waals surface area contributed by atoms with Gasteiger partial charge < -0.3 is 19.9 Å². The minimum atomic E-state index is 0. The number of anilines is 1. The molecular formula is C19H32IN5OS. The smallest absolute Gasteiger partial charge is 0.193 e. The Morgan fingerprint density at radius 3 is 2.85 bits per heavy atom. The maximum Gasteiger partial charge on any atom is 0.193 e. The van der Waals surface area contributed by atoms with Crippen LogP contribution in [-0.4, -0.2) is 73.3 Å². The first-order valence-corrected chi connectivity index (χ1v) is 10.6. The van der Waals surface area contributed by atoms with Crippen molar-refractivity contribution in [1.29, 1.82) is 0 Å². The Bertz CT molecular complexity index is 610. The van der Waals surface area contributed by atoms with Gasteiger partial charge in [0.15, 0.2) is 5.96 Å². The number of hydrogen-bond acceptors (Lipinski definition) is 5. The number of halogens is 1. The van der Waals surface area contributed by atoms with Crippen LogP contribution in [0.4, 0.5) is 5.82 Å². The van der Waals surface area contributed by atoms with Crippen LogP contribution in [0.3, 0.4) is 0 Å². The van der Waals surface area contributed by atoms with E-state index in [0.29, 0.717) is 11.2 Å². The summed E-state index contributed by atoms with van der Waals surface area (Å²) in [6.45, 7) is 10.9. The third-order valence-electron chi connectivity index (χ3n) is 4.94. The molecule has 1 atom stereocenters. The van der Waals surface area contributed by atoms with Gasteiger partial charge >= 0.3 is 0 Å². The second-order valence-corrected chi connectivity index (χ2v) is 8.47. The number of nitrogens with zero attached hydrogens (tertiary/aromatic N) is 4. The van der Waals surface area contributed by atoms with Crippen molar-refractivity contribution in [3.8, 4) is 0 Å². The largest absolute Gasteiger partial charge is 0.378 e. The number of aliphatic imine (C=N–C) groups is 1. The molecule has 2 fully saturated rings. The molecule has 0 radical (unpaired) electrons. The Labute approximate surface area is 184 Å². The number of morpholine rings is 1. The summed E-state index contributed by atoms with van der Waals surface area (Å²) < 4.78 is 5.43. The van der Waals surface area contributed by atoms with Gasteiger partial charge in [0.25, 0.3) is 0 Å². The van der Waals surface area contributed by atoms with E-state index >= 15 is 0 Å². The van der Waals surface area contributed by atoms with E-state index in [1.807, 2.05) is 13.2 Å². The minimum Gasteiger partial charge on any atom is -0.378 e. The Morgan fingerprint density at radius 2 is 2.15 bits per heavy atom. The lowest BCUT2D eigenvalue weighted by Crippen LogP contribution is -2.48. The minimum absolute atomic E-state index is 0. The van der Waals surface area contributed by atoms with Crippen molar-refractivity contribution in [2.24, 2.45) is 10.9 Å². The molecule has 1 aromatic rings. The fourth-order valence-electron chi connectivity index (χ4n) is 3.32. The second-order valence-electron chi connectivity index (χ2n) is 7.12. The van der Waals surface area contributed by atoms with Crippen LogP contribution in [0.15, 0.2) is 23.3 Å². The number of hydrogen-bond donors (Lipinski definition) is 1. The zero-order valence-electron chi connectivity index (χ0n) is 16.6. The lowest BCUT2D eigenvalue weighted by molar-refractivity contribution is 0.122. The van der Waals surface area contributed by atoms with E-state index in [2.05, 4.69) is 62.8 Å². The molecule has 27 heavy (non-hydrogen) atoms. The number of aromatic nitrogens is 1. The van der Waals surface area contributed by atoms with Gasteiger partial charge in [-0.3, -0.25) is 4.99 Å². The van der Waals surface area contributed by atoms with E-state index in [9.17, 15) is 0 Å². The highest BCUT2D eigenvalue weighted by Gasteiger charge is 2.24. The monoisotopic (exact) mass is 505 g/mol. The quantitative estimate of drug-likeness (QED) is 0.386. The van der Waals surface area contributed by atoms with Crippen LogP contribution in [0.25, 0.3) is 0 Å². The topological polar surface area (TPSA) is 53.0 Å². The van der Waals surface area contributed by atoms with E-state index in [-0.39, 0.29) is 24.0 Å². The molecule has 0 bridgehead atoms.